The van der Waals surface area contributed by atoms with E-state index in [-0.39, 0.29) is 11.5 Å². The van der Waals surface area contributed by atoms with Gasteiger partial charge in [0.15, 0.2) is 9.84 Å². The fourth-order valence-corrected chi connectivity index (χ4v) is 3.22. The summed E-state index contributed by atoms with van der Waals surface area (Å²) in [4.78, 5) is 10.6. The predicted octanol–water partition coefficient (Wildman–Crippen LogP) is 1.37. The number of hydrogen-bond donors (Lipinski definition) is 1. The number of methoxy groups -OCH3 is 1. The van der Waals surface area contributed by atoms with Gasteiger partial charge in [-0.25, -0.2) is 8.42 Å². The molecule has 0 amide bonds. The molecule has 6 heteroatoms. The molecule has 1 N–H and O–H groups in total. The summed E-state index contributed by atoms with van der Waals surface area (Å²) in [6.07, 6.45) is 0.374. The Morgan fingerprint density at radius 1 is 1.32 bits per heavy atom. The normalized spacial score (nSPS) is 12.9. The third-order valence-corrected chi connectivity index (χ3v) is 4.62. The third kappa shape index (κ3) is 5.30. The molecule has 0 aliphatic rings. The zero-order valence-corrected chi connectivity index (χ0v) is 11.8. The van der Waals surface area contributed by atoms with Gasteiger partial charge in [0.1, 0.15) is 5.75 Å². The van der Waals surface area contributed by atoms with Gasteiger partial charge >= 0.3 is 5.97 Å². The minimum atomic E-state index is -3.35. The van der Waals surface area contributed by atoms with Crippen LogP contribution in [-0.4, -0.2) is 38.1 Å². The van der Waals surface area contributed by atoms with Crippen LogP contribution in [0.5, 0.6) is 5.75 Å². The second kappa shape index (κ2) is 6.56. The van der Waals surface area contributed by atoms with Crippen molar-refractivity contribution >= 4 is 15.8 Å². The number of carboxylic acids is 1. The van der Waals surface area contributed by atoms with Gasteiger partial charge in [-0.15, -0.1) is 0 Å². The maximum Gasteiger partial charge on any atom is 0.307 e. The molecule has 1 aromatic carbocycles. The van der Waals surface area contributed by atoms with Gasteiger partial charge in [-0.1, -0.05) is 19.1 Å². The first-order chi connectivity index (χ1) is 8.84. The second-order valence-electron chi connectivity index (χ2n) is 4.45. The summed E-state index contributed by atoms with van der Waals surface area (Å²) in [6.45, 7) is 1.40. The lowest BCUT2D eigenvalue weighted by atomic mass is 10.2. The average molecular weight is 286 g/mol. The summed E-state index contributed by atoms with van der Waals surface area (Å²) in [6, 6.07) is 7.13. The number of rotatable bonds is 7. The Morgan fingerprint density at radius 3 is 2.37 bits per heavy atom. The zero-order valence-electron chi connectivity index (χ0n) is 11.0. The van der Waals surface area contributed by atoms with E-state index in [0.717, 1.165) is 5.56 Å². The number of sulfone groups is 1. The van der Waals surface area contributed by atoms with Gasteiger partial charge in [0.05, 0.1) is 24.5 Å². The van der Waals surface area contributed by atoms with Crippen LogP contribution in [0.3, 0.4) is 0 Å². The Morgan fingerprint density at radius 2 is 1.89 bits per heavy atom. The highest BCUT2D eigenvalue weighted by Crippen LogP contribution is 2.13. The Labute approximate surface area is 113 Å². The largest absolute Gasteiger partial charge is 0.497 e. The smallest absolute Gasteiger partial charge is 0.307 e. The van der Waals surface area contributed by atoms with E-state index in [1.165, 1.54) is 6.92 Å². The Bertz CT molecular complexity index is 518. The lowest BCUT2D eigenvalue weighted by molar-refractivity contribution is -0.140. The van der Waals surface area contributed by atoms with Crippen molar-refractivity contribution < 1.29 is 23.1 Å². The topological polar surface area (TPSA) is 80.7 Å². The number of carboxylic acid groups (broad SMARTS) is 1. The molecule has 0 aliphatic carbocycles. The first-order valence-corrected chi connectivity index (χ1v) is 7.72. The molecule has 106 valence electrons. The van der Waals surface area contributed by atoms with E-state index in [1.807, 2.05) is 0 Å². The van der Waals surface area contributed by atoms with Gasteiger partial charge in [0, 0.05) is 0 Å². The number of aryl methyl sites for hydroxylation is 1. The molecular formula is C13H18O5S. The van der Waals surface area contributed by atoms with Crippen molar-refractivity contribution in [2.45, 2.75) is 13.3 Å². The van der Waals surface area contributed by atoms with Gasteiger partial charge in [0.2, 0.25) is 0 Å². The van der Waals surface area contributed by atoms with Gasteiger partial charge < -0.3 is 9.84 Å². The highest BCUT2D eigenvalue weighted by atomic mass is 32.2. The minimum absolute atomic E-state index is 0.0447. The molecule has 0 radical (unpaired) electrons. The molecule has 1 rings (SSSR count). The van der Waals surface area contributed by atoms with E-state index in [4.69, 9.17) is 9.84 Å². The van der Waals surface area contributed by atoms with Crippen LogP contribution in [0.15, 0.2) is 24.3 Å². The second-order valence-corrected chi connectivity index (χ2v) is 6.68. The van der Waals surface area contributed by atoms with Gasteiger partial charge in [-0.05, 0) is 24.1 Å². The van der Waals surface area contributed by atoms with Gasteiger partial charge in [0.25, 0.3) is 0 Å². The molecule has 0 heterocycles. The molecule has 5 nitrogen and oxygen atoms in total. The van der Waals surface area contributed by atoms with Crippen LogP contribution >= 0.6 is 0 Å². The summed E-state index contributed by atoms with van der Waals surface area (Å²) in [5, 5.41) is 8.71. The third-order valence-electron chi connectivity index (χ3n) is 2.79. The van der Waals surface area contributed by atoms with E-state index in [2.05, 4.69) is 0 Å². The first-order valence-electron chi connectivity index (χ1n) is 5.90. The van der Waals surface area contributed by atoms with E-state index < -0.39 is 21.7 Å². The quantitative estimate of drug-likeness (QED) is 0.819. The average Bonchev–Trinajstić information content (AvgIpc) is 2.36. The van der Waals surface area contributed by atoms with E-state index >= 15 is 0 Å². The van der Waals surface area contributed by atoms with Crippen LogP contribution in [0.4, 0.5) is 0 Å². The van der Waals surface area contributed by atoms with Crippen LogP contribution in [0.1, 0.15) is 12.5 Å². The fraction of sp³-hybridized carbons (Fsp3) is 0.462. The molecule has 0 spiro atoms. The van der Waals surface area contributed by atoms with E-state index in [0.29, 0.717) is 12.2 Å². The van der Waals surface area contributed by atoms with Crippen molar-refractivity contribution in [2.75, 3.05) is 18.6 Å². The lowest BCUT2D eigenvalue weighted by Crippen LogP contribution is -2.23. The molecule has 0 bridgehead atoms. The predicted molar refractivity (Wildman–Crippen MR) is 72.2 cm³/mol. The molecule has 0 saturated carbocycles. The number of ether oxygens (including phenoxy) is 1. The number of hydrogen-bond acceptors (Lipinski definition) is 4. The summed E-state index contributed by atoms with van der Waals surface area (Å²) in [7, 11) is -1.79. The Hall–Kier alpha value is -1.56. The number of aliphatic carboxylic acids is 1. The van der Waals surface area contributed by atoms with Gasteiger partial charge in [-0.3, -0.25) is 4.79 Å². The standard InChI is InChI=1S/C13H18O5S/c1-10(13(14)15)9-19(16,17)8-7-11-3-5-12(18-2)6-4-11/h3-6,10H,7-9H2,1-2H3,(H,14,15). The number of benzene rings is 1. The monoisotopic (exact) mass is 286 g/mol. The summed E-state index contributed by atoms with van der Waals surface area (Å²) in [5.41, 5.74) is 0.882. The van der Waals surface area contributed by atoms with Gasteiger partial charge in [-0.2, -0.15) is 0 Å². The zero-order chi connectivity index (χ0) is 14.5. The Kier molecular flexibility index (Phi) is 5.35. The SMILES string of the molecule is COc1ccc(CCS(=O)(=O)CC(C)C(=O)O)cc1. The molecule has 0 fully saturated rings. The molecule has 0 saturated heterocycles. The molecular weight excluding hydrogens is 268 g/mol. The van der Waals surface area contributed by atoms with Crippen molar-refractivity contribution in [3.63, 3.8) is 0 Å². The van der Waals surface area contributed by atoms with Crippen LogP contribution < -0.4 is 4.74 Å². The van der Waals surface area contributed by atoms with Crippen molar-refractivity contribution in [1.82, 2.24) is 0 Å². The van der Waals surface area contributed by atoms with E-state index in [1.54, 1.807) is 31.4 Å². The molecule has 1 aromatic rings. The maximum atomic E-state index is 11.8. The Balaban J connectivity index is 2.57. The molecule has 0 aliphatic heterocycles. The molecule has 19 heavy (non-hydrogen) atoms. The highest BCUT2D eigenvalue weighted by Gasteiger charge is 2.20. The van der Waals surface area contributed by atoms with Crippen molar-refractivity contribution in [3.8, 4) is 5.75 Å². The van der Waals surface area contributed by atoms with Crippen molar-refractivity contribution in [3.05, 3.63) is 29.8 Å². The first kappa shape index (κ1) is 15.5. The maximum absolute atomic E-state index is 11.8. The molecule has 1 unspecified atom stereocenters. The van der Waals surface area contributed by atoms with Crippen molar-refractivity contribution in [2.24, 2.45) is 5.92 Å². The number of carbonyl (C=O) groups is 1. The van der Waals surface area contributed by atoms with Crippen LogP contribution in [0, 0.1) is 5.92 Å². The van der Waals surface area contributed by atoms with Crippen LogP contribution in [0.25, 0.3) is 0 Å². The van der Waals surface area contributed by atoms with Crippen molar-refractivity contribution in [1.29, 1.82) is 0 Å². The van der Waals surface area contributed by atoms with Crippen LogP contribution in [0.2, 0.25) is 0 Å². The summed E-state index contributed by atoms with van der Waals surface area (Å²) >= 11 is 0. The highest BCUT2D eigenvalue weighted by molar-refractivity contribution is 7.91. The summed E-state index contributed by atoms with van der Waals surface area (Å²) in [5.74, 6) is -1.62. The molecule has 1 atom stereocenters. The van der Waals surface area contributed by atoms with E-state index in [9.17, 15) is 13.2 Å². The molecule has 0 aromatic heterocycles. The lowest BCUT2D eigenvalue weighted by Gasteiger charge is -2.08. The summed E-state index contributed by atoms with van der Waals surface area (Å²) < 4.78 is 28.5. The fourth-order valence-electron chi connectivity index (χ4n) is 1.60. The minimum Gasteiger partial charge on any atom is -0.497 e. The van der Waals surface area contributed by atoms with Crippen LogP contribution in [-0.2, 0) is 21.1 Å².